The number of nitrogens with zero attached hydrogens (tertiary/aromatic N) is 3. The van der Waals surface area contributed by atoms with E-state index in [1.165, 1.54) is 31.6 Å². The molecule has 1 aromatic heterocycles. The van der Waals surface area contributed by atoms with Gasteiger partial charge in [-0.3, -0.25) is 0 Å². The van der Waals surface area contributed by atoms with Crippen molar-refractivity contribution >= 4 is 11.5 Å². The van der Waals surface area contributed by atoms with Crippen LogP contribution in [-0.2, 0) is 4.74 Å². The van der Waals surface area contributed by atoms with Crippen LogP contribution in [0.3, 0.4) is 0 Å². The van der Waals surface area contributed by atoms with Gasteiger partial charge in [0.05, 0.1) is 25.1 Å². The highest BCUT2D eigenvalue weighted by Crippen LogP contribution is 2.23. The molecule has 3 heterocycles. The Labute approximate surface area is 133 Å². The molecule has 0 amide bonds. The predicted molar refractivity (Wildman–Crippen MR) is 90.6 cm³/mol. The smallest absolute Gasteiger partial charge is 0.126 e. The van der Waals surface area contributed by atoms with Gasteiger partial charge in [0, 0.05) is 19.1 Å². The van der Waals surface area contributed by atoms with Gasteiger partial charge in [0.15, 0.2) is 0 Å². The Kier molecular flexibility index (Phi) is 5.16. The fourth-order valence-electron chi connectivity index (χ4n) is 3.36. The number of piperidine rings is 1. The van der Waals surface area contributed by atoms with E-state index in [2.05, 4.69) is 46.2 Å². The maximum absolute atomic E-state index is 5.39. The molecule has 1 aromatic rings. The van der Waals surface area contributed by atoms with Crippen molar-refractivity contribution in [3.8, 4) is 0 Å². The lowest BCUT2D eigenvalue weighted by molar-refractivity contribution is 0.122. The molecule has 5 heteroatoms. The molecule has 0 unspecified atom stereocenters. The van der Waals surface area contributed by atoms with Crippen LogP contribution < -0.4 is 10.2 Å². The van der Waals surface area contributed by atoms with Crippen molar-refractivity contribution in [2.75, 3.05) is 56.7 Å². The maximum atomic E-state index is 5.39. The first-order valence-electron chi connectivity index (χ1n) is 8.46. The molecule has 0 spiro atoms. The first kappa shape index (κ1) is 15.6. The maximum Gasteiger partial charge on any atom is 0.126 e. The summed E-state index contributed by atoms with van der Waals surface area (Å²) in [6.07, 6.45) is 4.53. The SMILES string of the molecule is C[C@H](Nc1ccc(N2CCOCC2)cn1)C1CCN(C)CC1. The molecule has 0 aromatic carbocycles. The van der Waals surface area contributed by atoms with E-state index >= 15 is 0 Å². The number of ether oxygens (including phenoxy) is 1. The first-order valence-corrected chi connectivity index (χ1v) is 8.46. The van der Waals surface area contributed by atoms with Crippen molar-refractivity contribution in [2.24, 2.45) is 5.92 Å². The Morgan fingerprint density at radius 1 is 1.18 bits per heavy atom. The lowest BCUT2D eigenvalue weighted by Crippen LogP contribution is -2.37. The second kappa shape index (κ2) is 7.29. The fraction of sp³-hybridized carbons (Fsp3) is 0.706. The number of aromatic nitrogens is 1. The molecule has 0 bridgehead atoms. The van der Waals surface area contributed by atoms with Gasteiger partial charge in [0.1, 0.15) is 5.82 Å². The van der Waals surface area contributed by atoms with Gasteiger partial charge < -0.3 is 19.9 Å². The van der Waals surface area contributed by atoms with E-state index in [1.54, 1.807) is 0 Å². The van der Waals surface area contributed by atoms with Crippen LogP contribution in [0.1, 0.15) is 19.8 Å². The number of hydrogen-bond donors (Lipinski definition) is 1. The van der Waals surface area contributed by atoms with Gasteiger partial charge in [-0.05, 0) is 58.0 Å². The summed E-state index contributed by atoms with van der Waals surface area (Å²) in [6.45, 7) is 8.24. The largest absolute Gasteiger partial charge is 0.378 e. The van der Waals surface area contributed by atoms with E-state index in [-0.39, 0.29) is 0 Å². The Balaban J connectivity index is 1.54. The minimum absolute atomic E-state index is 0.482. The van der Waals surface area contributed by atoms with Crippen LogP contribution in [0.25, 0.3) is 0 Å². The third-order valence-corrected chi connectivity index (χ3v) is 4.97. The predicted octanol–water partition coefficient (Wildman–Crippen LogP) is 2.06. The van der Waals surface area contributed by atoms with Gasteiger partial charge in [-0.2, -0.15) is 0 Å². The quantitative estimate of drug-likeness (QED) is 0.922. The van der Waals surface area contributed by atoms with E-state index in [0.717, 1.165) is 38.0 Å². The van der Waals surface area contributed by atoms with Crippen molar-refractivity contribution in [3.05, 3.63) is 18.3 Å². The van der Waals surface area contributed by atoms with E-state index in [4.69, 9.17) is 4.74 Å². The molecule has 2 fully saturated rings. The zero-order valence-corrected chi connectivity index (χ0v) is 13.8. The summed E-state index contributed by atoms with van der Waals surface area (Å²) in [7, 11) is 2.21. The van der Waals surface area contributed by atoms with Crippen LogP contribution in [0.15, 0.2) is 18.3 Å². The summed E-state index contributed by atoms with van der Waals surface area (Å²) in [5, 5.41) is 3.58. The average Bonchev–Trinajstić information content (AvgIpc) is 2.57. The van der Waals surface area contributed by atoms with Gasteiger partial charge in [0.2, 0.25) is 0 Å². The van der Waals surface area contributed by atoms with Crippen molar-refractivity contribution in [3.63, 3.8) is 0 Å². The number of likely N-dealkylation sites (tertiary alicyclic amines) is 1. The number of nitrogens with one attached hydrogen (secondary N) is 1. The van der Waals surface area contributed by atoms with Crippen LogP contribution in [0.4, 0.5) is 11.5 Å². The molecular formula is C17H28N4O. The monoisotopic (exact) mass is 304 g/mol. The summed E-state index contributed by atoms with van der Waals surface area (Å²) in [6, 6.07) is 4.76. The van der Waals surface area contributed by atoms with Gasteiger partial charge >= 0.3 is 0 Å². The molecule has 2 aliphatic rings. The Bertz CT molecular complexity index is 450. The number of anilines is 2. The third kappa shape index (κ3) is 3.90. The summed E-state index contributed by atoms with van der Waals surface area (Å²) >= 11 is 0. The number of rotatable bonds is 4. The highest BCUT2D eigenvalue weighted by molar-refractivity contribution is 5.50. The fourth-order valence-corrected chi connectivity index (χ4v) is 3.36. The number of pyridine rings is 1. The molecule has 2 saturated heterocycles. The molecular weight excluding hydrogens is 276 g/mol. The van der Waals surface area contributed by atoms with E-state index in [1.807, 2.05) is 6.20 Å². The van der Waals surface area contributed by atoms with Crippen LogP contribution >= 0.6 is 0 Å². The standard InChI is InChI=1S/C17H28N4O/c1-14(15-5-7-20(2)8-6-15)19-17-4-3-16(13-18-17)21-9-11-22-12-10-21/h3-4,13-15H,5-12H2,1-2H3,(H,18,19)/t14-/m0/s1. The second-order valence-corrected chi connectivity index (χ2v) is 6.57. The van der Waals surface area contributed by atoms with E-state index < -0.39 is 0 Å². The lowest BCUT2D eigenvalue weighted by Gasteiger charge is -2.33. The minimum atomic E-state index is 0.482. The normalized spacial score (nSPS) is 22.5. The zero-order valence-electron chi connectivity index (χ0n) is 13.8. The zero-order chi connectivity index (χ0) is 15.4. The molecule has 2 aliphatic heterocycles. The van der Waals surface area contributed by atoms with Crippen molar-refractivity contribution in [1.29, 1.82) is 0 Å². The molecule has 0 saturated carbocycles. The Morgan fingerprint density at radius 2 is 1.91 bits per heavy atom. The van der Waals surface area contributed by atoms with Crippen LogP contribution in [0.2, 0.25) is 0 Å². The van der Waals surface area contributed by atoms with Crippen LogP contribution in [0, 0.1) is 5.92 Å². The second-order valence-electron chi connectivity index (χ2n) is 6.57. The summed E-state index contributed by atoms with van der Waals surface area (Å²) < 4.78 is 5.39. The van der Waals surface area contributed by atoms with E-state index in [0.29, 0.717) is 6.04 Å². The minimum Gasteiger partial charge on any atom is -0.378 e. The van der Waals surface area contributed by atoms with Gasteiger partial charge in [-0.25, -0.2) is 4.98 Å². The molecule has 5 nitrogen and oxygen atoms in total. The van der Waals surface area contributed by atoms with Crippen LogP contribution in [-0.4, -0.2) is 62.4 Å². The first-order chi connectivity index (χ1) is 10.7. The molecule has 22 heavy (non-hydrogen) atoms. The number of hydrogen-bond acceptors (Lipinski definition) is 5. The molecule has 3 rings (SSSR count). The molecule has 1 atom stereocenters. The molecule has 0 radical (unpaired) electrons. The van der Waals surface area contributed by atoms with Crippen molar-refractivity contribution in [1.82, 2.24) is 9.88 Å². The topological polar surface area (TPSA) is 40.6 Å². The molecule has 1 N–H and O–H groups in total. The van der Waals surface area contributed by atoms with Gasteiger partial charge in [-0.15, -0.1) is 0 Å². The van der Waals surface area contributed by atoms with Crippen molar-refractivity contribution < 1.29 is 4.74 Å². The Hall–Kier alpha value is -1.33. The lowest BCUT2D eigenvalue weighted by atomic mass is 9.90. The van der Waals surface area contributed by atoms with E-state index in [9.17, 15) is 0 Å². The number of morpholine rings is 1. The Morgan fingerprint density at radius 3 is 2.55 bits per heavy atom. The third-order valence-electron chi connectivity index (χ3n) is 4.97. The average molecular weight is 304 g/mol. The van der Waals surface area contributed by atoms with Gasteiger partial charge in [0.25, 0.3) is 0 Å². The van der Waals surface area contributed by atoms with Crippen LogP contribution in [0.5, 0.6) is 0 Å². The van der Waals surface area contributed by atoms with Crippen molar-refractivity contribution in [2.45, 2.75) is 25.8 Å². The molecule has 122 valence electrons. The summed E-state index contributed by atoms with van der Waals surface area (Å²) in [5.41, 5.74) is 1.20. The molecule has 0 aliphatic carbocycles. The highest BCUT2D eigenvalue weighted by atomic mass is 16.5. The summed E-state index contributed by atoms with van der Waals surface area (Å²) in [4.78, 5) is 9.35. The highest BCUT2D eigenvalue weighted by Gasteiger charge is 2.22. The summed E-state index contributed by atoms with van der Waals surface area (Å²) in [5.74, 6) is 1.74. The van der Waals surface area contributed by atoms with Gasteiger partial charge in [-0.1, -0.05) is 0 Å².